The zero-order chi connectivity index (χ0) is 28.8. The molecule has 3 heterocycles. The van der Waals surface area contributed by atoms with E-state index in [0.29, 0.717) is 24.4 Å². The molecular formula is C31H35FN4O5. The number of anilines is 1. The van der Waals surface area contributed by atoms with E-state index in [4.69, 9.17) is 24.7 Å². The Labute approximate surface area is 238 Å². The number of aromatic nitrogens is 2. The summed E-state index contributed by atoms with van der Waals surface area (Å²) in [5.74, 6) is 1.30. The van der Waals surface area contributed by atoms with Gasteiger partial charge in [-0.2, -0.15) is 0 Å². The molecule has 1 aromatic heterocycles. The van der Waals surface area contributed by atoms with Crippen molar-refractivity contribution in [1.29, 1.82) is 0 Å². The Morgan fingerprint density at radius 3 is 2.20 bits per heavy atom. The molecule has 2 saturated heterocycles. The van der Waals surface area contributed by atoms with Crippen LogP contribution in [0.15, 0.2) is 54.9 Å². The predicted molar refractivity (Wildman–Crippen MR) is 150 cm³/mol. The van der Waals surface area contributed by atoms with Crippen molar-refractivity contribution in [2.45, 2.75) is 57.3 Å². The van der Waals surface area contributed by atoms with E-state index < -0.39 is 18.0 Å². The minimum Gasteiger partial charge on any atom is -0.490 e. The molecule has 2 aromatic carbocycles. The van der Waals surface area contributed by atoms with Crippen LogP contribution in [-0.2, 0) is 14.9 Å². The van der Waals surface area contributed by atoms with Crippen LogP contribution in [0, 0.1) is 11.2 Å². The van der Waals surface area contributed by atoms with Gasteiger partial charge < -0.3 is 29.6 Å². The van der Waals surface area contributed by atoms with Crippen molar-refractivity contribution in [3.63, 3.8) is 0 Å². The van der Waals surface area contributed by atoms with E-state index in [2.05, 4.69) is 35.9 Å². The van der Waals surface area contributed by atoms with Crippen molar-refractivity contribution in [3.05, 3.63) is 77.5 Å². The molecule has 0 bridgehead atoms. The largest absolute Gasteiger partial charge is 0.490 e. The zero-order valence-corrected chi connectivity index (χ0v) is 23.5. The average molecular weight is 563 g/mol. The summed E-state index contributed by atoms with van der Waals surface area (Å²) in [6, 6.07) is 15.9. The fourth-order valence-electron chi connectivity index (χ4n) is 5.76. The van der Waals surface area contributed by atoms with Gasteiger partial charge in [0.15, 0.2) is 11.6 Å². The fourth-order valence-corrected chi connectivity index (χ4v) is 5.76. The zero-order valence-electron chi connectivity index (χ0n) is 23.5. The minimum atomic E-state index is -0.747. The van der Waals surface area contributed by atoms with Gasteiger partial charge in [-0.25, -0.2) is 19.2 Å². The maximum atomic E-state index is 15.4. The van der Waals surface area contributed by atoms with Gasteiger partial charge in [0.2, 0.25) is 0 Å². The molecule has 1 amide bonds. The highest BCUT2D eigenvalue weighted by molar-refractivity contribution is 5.64. The third-order valence-corrected chi connectivity index (χ3v) is 8.45. The van der Waals surface area contributed by atoms with Crippen LogP contribution in [0.3, 0.4) is 0 Å². The molecule has 3 aromatic rings. The number of hydrogen-bond donors (Lipinski definition) is 1. The second kappa shape index (κ2) is 10.5. The van der Waals surface area contributed by atoms with Crippen LogP contribution in [0.1, 0.15) is 56.5 Å². The number of nitrogens with zero attached hydrogens (tertiary/aromatic N) is 3. The lowest BCUT2D eigenvalue weighted by atomic mass is 9.78. The molecule has 0 radical (unpaired) electrons. The third-order valence-electron chi connectivity index (χ3n) is 8.45. The van der Waals surface area contributed by atoms with Crippen LogP contribution in [0.4, 0.5) is 15.0 Å². The van der Waals surface area contributed by atoms with Crippen molar-refractivity contribution in [2.75, 3.05) is 31.2 Å². The fraction of sp³-hybridized carbons (Fsp3) is 0.452. The maximum Gasteiger partial charge on any atom is 0.404 e. The number of rotatable bonds is 9. The summed E-state index contributed by atoms with van der Waals surface area (Å²) in [5, 5.41) is 0. The topological polar surface area (TPSA) is 109 Å². The Bertz CT molecular complexity index is 1400. The Hall–Kier alpha value is -3.92. The Morgan fingerprint density at radius 1 is 1.02 bits per heavy atom. The number of nitrogens with two attached hydrogens (primary N) is 1. The van der Waals surface area contributed by atoms with E-state index in [1.54, 1.807) is 6.92 Å². The number of hydrogen-bond acceptors (Lipinski definition) is 8. The molecular weight excluding hydrogens is 527 g/mol. The van der Waals surface area contributed by atoms with Gasteiger partial charge in [0.1, 0.15) is 41.8 Å². The average Bonchev–Trinajstić information content (AvgIpc) is 2.87. The van der Waals surface area contributed by atoms with Crippen molar-refractivity contribution in [3.8, 4) is 11.5 Å². The molecule has 2 N–H and O–H groups in total. The number of halogens is 1. The number of amides is 1. The first-order valence-electron chi connectivity index (χ1n) is 14.0. The third kappa shape index (κ3) is 5.40. The molecule has 3 fully saturated rings. The Morgan fingerprint density at radius 2 is 1.63 bits per heavy atom. The van der Waals surface area contributed by atoms with E-state index >= 15 is 4.39 Å². The molecule has 1 unspecified atom stereocenters. The van der Waals surface area contributed by atoms with E-state index in [0.717, 1.165) is 43.2 Å². The highest BCUT2D eigenvalue weighted by Crippen LogP contribution is 2.41. The van der Waals surface area contributed by atoms with Crippen LogP contribution in [0.2, 0.25) is 0 Å². The van der Waals surface area contributed by atoms with Crippen molar-refractivity contribution in [2.24, 2.45) is 11.1 Å². The van der Waals surface area contributed by atoms with Crippen LogP contribution < -0.4 is 20.1 Å². The Balaban J connectivity index is 1.06. The van der Waals surface area contributed by atoms with E-state index in [9.17, 15) is 4.79 Å². The summed E-state index contributed by atoms with van der Waals surface area (Å²) >= 11 is 0. The summed E-state index contributed by atoms with van der Waals surface area (Å²) < 4.78 is 37.7. The van der Waals surface area contributed by atoms with E-state index in [1.165, 1.54) is 6.33 Å². The molecule has 1 aliphatic carbocycles. The molecule has 216 valence electrons. The van der Waals surface area contributed by atoms with Gasteiger partial charge in [-0.3, -0.25) is 0 Å². The summed E-state index contributed by atoms with van der Waals surface area (Å²) in [6.07, 6.45) is 1.21. The van der Waals surface area contributed by atoms with Gasteiger partial charge in [-0.1, -0.05) is 38.1 Å². The van der Waals surface area contributed by atoms with Crippen LogP contribution in [0.25, 0.3) is 0 Å². The number of ether oxygens (including phenoxy) is 4. The van der Waals surface area contributed by atoms with Crippen LogP contribution in [0.5, 0.6) is 11.5 Å². The van der Waals surface area contributed by atoms with Gasteiger partial charge >= 0.3 is 6.09 Å². The van der Waals surface area contributed by atoms with Crippen LogP contribution >= 0.6 is 0 Å². The highest BCUT2D eigenvalue weighted by atomic mass is 19.1. The van der Waals surface area contributed by atoms with Crippen molar-refractivity contribution >= 4 is 11.9 Å². The molecule has 6 rings (SSSR count). The van der Waals surface area contributed by atoms with Crippen LogP contribution in [-0.4, -0.2) is 54.6 Å². The normalized spacial score (nSPS) is 21.7. The lowest BCUT2D eigenvalue weighted by molar-refractivity contribution is -0.127. The molecule has 10 heteroatoms. The van der Waals surface area contributed by atoms with Crippen molar-refractivity contribution < 1.29 is 28.1 Å². The summed E-state index contributed by atoms with van der Waals surface area (Å²) in [6.45, 7) is 9.07. The highest BCUT2D eigenvalue weighted by Gasteiger charge is 2.50. The lowest BCUT2D eigenvalue weighted by Crippen LogP contribution is -2.66. The number of primary amides is 1. The molecule has 3 aliphatic rings. The van der Waals surface area contributed by atoms with Gasteiger partial charge in [-0.05, 0) is 42.3 Å². The maximum absolute atomic E-state index is 15.4. The minimum absolute atomic E-state index is 0.0146. The quantitative estimate of drug-likeness (QED) is 0.391. The van der Waals surface area contributed by atoms with Gasteiger partial charge in [-0.15, -0.1) is 0 Å². The van der Waals surface area contributed by atoms with Gasteiger partial charge in [0.05, 0.1) is 18.6 Å². The molecule has 1 atom stereocenters. The standard InChI is InChI=1S/C31H35FN4O5/c1-19(27-26(32)28(35-18-34-27)36-14-31(15-36)16-38-17-31)39-22-8-4-20(5-9-22)30(2,3)21-6-10-23(11-7-21)40-24-12-25(13-24)41-29(33)37/h4-11,18-19,24-25H,12-17H2,1-3H3,(H2,33,37)/t19?,24-,25-. The SMILES string of the molecule is CC(Oc1ccc(C(C)(C)c2ccc(O[C@H]3C[C@H](OC(N)=O)C3)cc2)cc1)c1ncnc(N2CC3(COC3)C2)c1F. The molecule has 1 saturated carbocycles. The van der Waals surface area contributed by atoms with Gasteiger partial charge in [0, 0.05) is 31.3 Å². The summed E-state index contributed by atoms with van der Waals surface area (Å²) in [5.41, 5.74) is 7.44. The summed E-state index contributed by atoms with van der Waals surface area (Å²) in [7, 11) is 0. The molecule has 9 nitrogen and oxygen atoms in total. The smallest absolute Gasteiger partial charge is 0.404 e. The van der Waals surface area contributed by atoms with E-state index in [1.807, 2.05) is 41.3 Å². The summed E-state index contributed by atoms with van der Waals surface area (Å²) in [4.78, 5) is 21.2. The lowest BCUT2D eigenvalue weighted by Gasteiger charge is -2.55. The second-order valence-electron chi connectivity index (χ2n) is 11.9. The van der Waals surface area contributed by atoms with E-state index in [-0.39, 0.29) is 28.7 Å². The Kier molecular flexibility index (Phi) is 6.97. The number of carbonyl (C=O) groups excluding carboxylic acids is 1. The number of carbonyl (C=O) groups is 1. The first-order chi connectivity index (χ1) is 19.6. The molecule has 1 spiro atoms. The first-order valence-corrected chi connectivity index (χ1v) is 14.0. The van der Waals surface area contributed by atoms with Crippen molar-refractivity contribution in [1.82, 2.24) is 9.97 Å². The predicted octanol–water partition coefficient (Wildman–Crippen LogP) is 4.92. The first kappa shape index (κ1) is 27.3. The molecule has 41 heavy (non-hydrogen) atoms. The second-order valence-corrected chi connectivity index (χ2v) is 11.9. The van der Waals surface area contributed by atoms with Gasteiger partial charge in [0.25, 0.3) is 0 Å². The number of benzene rings is 2. The monoisotopic (exact) mass is 562 g/mol. The molecule has 2 aliphatic heterocycles.